The number of halogens is 1. The zero-order valence-corrected chi connectivity index (χ0v) is 19.4. The molecule has 0 heterocycles. The van der Waals surface area contributed by atoms with E-state index in [0.717, 1.165) is 5.56 Å². The topological polar surface area (TPSA) is 91.6 Å². The SMILES string of the molecule is COC(=O)NC(=NC1=C(c2ccc(Cl)cc2)C=C(C(=O)c2ccccc2)C(C)C1=N)SC. The van der Waals surface area contributed by atoms with Crippen LogP contribution in [0.5, 0.6) is 0 Å². The fourth-order valence-electron chi connectivity index (χ4n) is 3.21. The van der Waals surface area contributed by atoms with Crippen LogP contribution in [-0.2, 0) is 4.74 Å². The number of carbonyl (C=O) groups excluding carboxylic acids is 2. The fourth-order valence-corrected chi connectivity index (χ4v) is 3.70. The number of carbonyl (C=O) groups is 2. The van der Waals surface area contributed by atoms with Gasteiger partial charge in [-0.3, -0.25) is 10.1 Å². The zero-order chi connectivity index (χ0) is 23.3. The number of nitrogens with one attached hydrogen (secondary N) is 2. The first-order chi connectivity index (χ1) is 15.3. The lowest BCUT2D eigenvalue weighted by atomic mass is 9.80. The normalized spacial score (nSPS) is 16.5. The lowest BCUT2D eigenvalue weighted by Crippen LogP contribution is -2.30. The molecule has 0 bridgehead atoms. The molecule has 0 fully saturated rings. The number of nitrogens with zero attached hydrogens (tertiary/aromatic N) is 1. The highest BCUT2D eigenvalue weighted by Gasteiger charge is 2.30. The summed E-state index contributed by atoms with van der Waals surface area (Å²) in [6.07, 6.45) is 2.88. The summed E-state index contributed by atoms with van der Waals surface area (Å²) in [6.45, 7) is 1.80. The first-order valence-electron chi connectivity index (χ1n) is 9.73. The summed E-state index contributed by atoms with van der Waals surface area (Å²) in [7, 11) is 1.26. The van der Waals surface area contributed by atoms with Crippen molar-refractivity contribution in [3.8, 4) is 0 Å². The average molecular weight is 468 g/mol. The number of Topliss-reactive ketones (excluding diaryl/α,β-unsaturated/α-hetero) is 1. The minimum absolute atomic E-state index is 0.143. The Morgan fingerprint density at radius 2 is 1.78 bits per heavy atom. The third kappa shape index (κ3) is 5.18. The quantitative estimate of drug-likeness (QED) is 0.347. The third-order valence-electron chi connectivity index (χ3n) is 4.96. The van der Waals surface area contributed by atoms with Crippen molar-refractivity contribution in [1.82, 2.24) is 5.32 Å². The van der Waals surface area contributed by atoms with Gasteiger partial charge in [-0.2, -0.15) is 0 Å². The van der Waals surface area contributed by atoms with Crippen molar-refractivity contribution >= 4 is 51.7 Å². The highest BCUT2D eigenvalue weighted by Crippen LogP contribution is 2.35. The van der Waals surface area contributed by atoms with Gasteiger partial charge in [-0.1, -0.05) is 72.8 Å². The smallest absolute Gasteiger partial charge is 0.412 e. The van der Waals surface area contributed by atoms with Crippen molar-refractivity contribution in [2.75, 3.05) is 13.4 Å². The van der Waals surface area contributed by atoms with Crippen LogP contribution in [0.15, 0.2) is 76.9 Å². The Labute approximate surface area is 195 Å². The molecule has 0 saturated carbocycles. The molecule has 164 valence electrons. The van der Waals surface area contributed by atoms with Crippen LogP contribution in [0.3, 0.4) is 0 Å². The molecule has 1 unspecified atom stereocenters. The predicted octanol–water partition coefficient (Wildman–Crippen LogP) is 5.60. The van der Waals surface area contributed by atoms with Crippen molar-refractivity contribution in [2.45, 2.75) is 6.92 Å². The Morgan fingerprint density at radius 3 is 2.38 bits per heavy atom. The molecule has 2 aromatic rings. The summed E-state index contributed by atoms with van der Waals surface area (Å²) in [6, 6.07) is 16.1. The number of ketones is 1. The number of methoxy groups -OCH3 is 1. The van der Waals surface area contributed by atoms with E-state index in [1.54, 1.807) is 43.5 Å². The summed E-state index contributed by atoms with van der Waals surface area (Å²) >= 11 is 7.27. The van der Waals surface area contributed by atoms with Crippen molar-refractivity contribution in [1.29, 1.82) is 5.41 Å². The highest BCUT2D eigenvalue weighted by atomic mass is 35.5. The minimum atomic E-state index is -0.655. The molecule has 2 N–H and O–H groups in total. The second-order valence-corrected chi connectivity index (χ2v) is 8.17. The van der Waals surface area contributed by atoms with Gasteiger partial charge in [-0.05, 0) is 30.0 Å². The third-order valence-corrected chi connectivity index (χ3v) is 5.80. The van der Waals surface area contributed by atoms with Crippen LogP contribution in [0.1, 0.15) is 22.8 Å². The molecule has 0 saturated heterocycles. The van der Waals surface area contributed by atoms with E-state index in [2.05, 4.69) is 15.0 Å². The van der Waals surface area contributed by atoms with Crippen molar-refractivity contribution < 1.29 is 14.3 Å². The summed E-state index contributed by atoms with van der Waals surface area (Å²) in [5.74, 6) is -0.631. The average Bonchev–Trinajstić information content (AvgIpc) is 2.82. The number of thioether (sulfide) groups is 1. The molecule has 1 atom stereocenters. The number of amides is 1. The molecule has 0 radical (unpaired) electrons. The standard InChI is InChI=1S/C24H22ClN3O3S/c1-14-18(22(29)16-7-5-4-6-8-16)13-19(15-9-11-17(25)12-10-15)21(20(14)26)27-23(32-3)28-24(30)31-2/h4-14,26H,1-3H3,(H,27,28,30). The Morgan fingerprint density at radius 1 is 1.12 bits per heavy atom. The molecular formula is C24H22ClN3O3S. The molecule has 6 nitrogen and oxygen atoms in total. The molecule has 1 amide bonds. The van der Waals surface area contributed by atoms with Gasteiger partial charge in [0.15, 0.2) is 11.0 Å². The Hall–Kier alpha value is -3.16. The Balaban J connectivity index is 2.19. The van der Waals surface area contributed by atoms with Crippen molar-refractivity contribution in [2.24, 2.45) is 10.9 Å². The fraction of sp³-hybridized carbons (Fsp3) is 0.167. The van der Waals surface area contributed by atoms with E-state index in [0.29, 0.717) is 27.4 Å². The van der Waals surface area contributed by atoms with E-state index in [4.69, 9.17) is 17.0 Å². The molecule has 1 aliphatic rings. The van der Waals surface area contributed by atoms with Gasteiger partial charge in [0.1, 0.15) is 0 Å². The number of alkyl carbamates (subject to hydrolysis) is 1. The van der Waals surface area contributed by atoms with Gasteiger partial charge in [0.25, 0.3) is 0 Å². The molecule has 1 aliphatic carbocycles. The van der Waals surface area contributed by atoms with Crippen LogP contribution in [-0.4, -0.2) is 36.1 Å². The lowest BCUT2D eigenvalue weighted by molar-refractivity contribution is 0.102. The second-order valence-electron chi connectivity index (χ2n) is 6.94. The molecular weight excluding hydrogens is 446 g/mol. The first kappa shape index (κ1) is 23.5. The van der Waals surface area contributed by atoms with Gasteiger partial charge in [0, 0.05) is 27.7 Å². The molecule has 0 aromatic heterocycles. The van der Waals surface area contributed by atoms with Crippen LogP contribution < -0.4 is 5.32 Å². The molecule has 3 rings (SSSR count). The number of hydrogen-bond donors (Lipinski definition) is 2. The number of amidine groups is 1. The number of aliphatic imine (C=N–C) groups is 1. The lowest BCUT2D eigenvalue weighted by Gasteiger charge is -2.25. The molecule has 0 spiro atoms. The van der Waals surface area contributed by atoms with E-state index in [1.165, 1.54) is 18.9 Å². The molecule has 32 heavy (non-hydrogen) atoms. The summed E-state index contributed by atoms with van der Waals surface area (Å²) in [4.78, 5) is 29.5. The minimum Gasteiger partial charge on any atom is -0.453 e. The second kappa shape index (κ2) is 10.4. The van der Waals surface area contributed by atoms with Crippen LogP contribution in [0.25, 0.3) is 5.57 Å². The van der Waals surface area contributed by atoms with E-state index in [1.807, 2.05) is 30.3 Å². The van der Waals surface area contributed by atoms with Crippen LogP contribution in [0, 0.1) is 11.3 Å². The van der Waals surface area contributed by atoms with Crippen LogP contribution >= 0.6 is 23.4 Å². The van der Waals surface area contributed by atoms with Crippen LogP contribution in [0.4, 0.5) is 4.79 Å². The Bertz CT molecular complexity index is 1140. The van der Waals surface area contributed by atoms with E-state index in [9.17, 15) is 9.59 Å². The maximum Gasteiger partial charge on any atom is 0.412 e. The largest absolute Gasteiger partial charge is 0.453 e. The summed E-state index contributed by atoms with van der Waals surface area (Å²) in [5.41, 5.74) is 2.94. The van der Waals surface area contributed by atoms with E-state index >= 15 is 0 Å². The number of ether oxygens (including phenoxy) is 1. The maximum atomic E-state index is 13.2. The molecule has 2 aromatic carbocycles. The van der Waals surface area contributed by atoms with Gasteiger partial charge >= 0.3 is 6.09 Å². The number of allylic oxidation sites excluding steroid dienone is 4. The molecule has 8 heteroatoms. The van der Waals surface area contributed by atoms with Crippen molar-refractivity contribution in [3.63, 3.8) is 0 Å². The predicted molar refractivity (Wildman–Crippen MR) is 131 cm³/mol. The number of rotatable bonds is 4. The van der Waals surface area contributed by atoms with Gasteiger partial charge in [0.05, 0.1) is 18.5 Å². The summed E-state index contributed by atoms with van der Waals surface area (Å²) < 4.78 is 4.66. The zero-order valence-electron chi connectivity index (χ0n) is 17.8. The van der Waals surface area contributed by atoms with Gasteiger partial charge in [-0.25, -0.2) is 9.79 Å². The van der Waals surface area contributed by atoms with Crippen molar-refractivity contribution in [3.05, 3.63) is 88.1 Å². The summed E-state index contributed by atoms with van der Waals surface area (Å²) in [5, 5.41) is 12.2. The maximum absolute atomic E-state index is 13.2. The number of benzene rings is 2. The first-order valence-corrected chi connectivity index (χ1v) is 11.3. The van der Waals surface area contributed by atoms with Crippen LogP contribution in [0.2, 0.25) is 5.02 Å². The number of hydrogen-bond acceptors (Lipinski definition) is 6. The monoisotopic (exact) mass is 467 g/mol. The highest BCUT2D eigenvalue weighted by molar-refractivity contribution is 8.13. The van der Waals surface area contributed by atoms with Gasteiger partial charge in [-0.15, -0.1) is 0 Å². The van der Waals surface area contributed by atoms with E-state index < -0.39 is 12.0 Å². The van der Waals surface area contributed by atoms with Gasteiger partial charge in [0.2, 0.25) is 0 Å². The molecule has 0 aliphatic heterocycles. The van der Waals surface area contributed by atoms with E-state index in [-0.39, 0.29) is 16.7 Å². The Kier molecular flexibility index (Phi) is 7.66. The van der Waals surface area contributed by atoms with Gasteiger partial charge < -0.3 is 10.1 Å².